The third kappa shape index (κ3) is 2.61. The molecule has 13 heavy (non-hydrogen) atoms. The van der Waals surface area contributed by atoms with E-state index in [1.807, 2.05) is 6.07 Å². The fourth-order valence-corrected chi connectivity index (χ4v) is 0.903. The molecule has 0 radical (unpaired) electrons. The summed E-state index contributed by atoms with van der Waals surface area (Å²) in [5, 5.41) is 0. The first-order valence-corrected chi connectivity index (χ1v) is 3.94. The molecule has 1 aromatic rings. The zero-order valence-corrected chi connectivity index (χ0v) is 7.76. The van der Waals surface area contributed by atoms with E-state index in [4.69, 9.17) is 11.5 Å². The molecular weight excluding hydrogens is 162 g/mol. The first-order valence-electron chi connectivity index (χ1n) is 3.94. The number of aromatic nitrogens is 1. The number of rotatable bonds is 0. The Kier molecular flexibility index (Phi) is 3.29. The molecule has 0 aliphatic carbocycles. The molecule has 0 aliphatic heterocycles. The van der Waals surface area contributed by atoms with Crippen molar-refractivity contribution in [3.63, 3.8) is 0 Å². The number of nitrogens with zero attached hydrogens (tertiary/aromatic N) is 1. The molecule has 3 nitrogen and oxygen atoms in total. The van der Waals surface area contributed by atoms with Crippen LogP contribution in [0.15, 0.2) is 12.1 Å². The average Bonchev–Trinajstić information content (AvgIpc) is 1.92. The SMILES string of the molecule is C.CC(C)(C)c1ccc(N)c(N)n1. The third-order valence-electron chi connectivity index (χ3n) is 1.73. The summed E-state index contributed by atoms with van der Waals surface area (Å²) >= 11 is 0. The second kappa shape index (κ2) is 3.64. The largest absolute Gasteiger partial charge is 0.396 e. The van der Waals surface area contributed by atoms with Gasteiger partial charge in [0.05, 0.1) is 5.69 Å². The van der Waals surface area contributed by atoms with Gasteiger partial charge in [0.2, 0.25) is 0 Å². The van der Waals surface area contributed by atoms with Crippen molar-refractivity contribution in [2.45, 2.75) is 33.6 Å². The van der Waals surface area contributed by atoms with Crippen LogP contribution < -0.4 is 11.5 Å². The Morgan fingerprint density at radius 3 is 2.08 bits per heavy atom. The van der Waals surface area contributed by atoms with Crippen molar-refractivity contribution < 1.29 is 0 Å². The predicted octanol–water partition coefficient (Wildman–Crippen LogP) is 2.18. The van der Waals surface area contributed by atoms with E-state index < -0.39 is 0 Å². The van der Waals surface area contributed by atoms with Crippen molar-refractivity contribution in [2.75, 3.05) is 11.5 Å². The lowest BCUT2D eigenvalue weighted by Crippen LogP contribution is -2.14. The van der Waals surface area contributed by atoms with Crippen LogP contribution in [0.25, 0.3) is 0 Å². The molecule has 0 aliphatic rings. The van der Waals surface area contributed by atoms with E-state index in [0.717, 1.165) is 5.69 Å². The molecule has 1 aromatic heterocycles. The summed E-state index contributed by atoms with van der Waals surface area (Å²) in [5.41, 5.74) is 12.7. The average molecular weight is 181 g/mol. The third-order valence-corrected chi connectivity index (χ3v) is 1.73. The van der Waals surface area contributed by atoms with Gasteiger partial charge in [-0.05, 0) is 12.1 Å². The monoisotopic (exact) mass is 181 g/mol. The lowest BCUT2D eigenvalue weighted by atomic mass is 9.91. The molecule has 0 spiro atoms. The minimum Gasteiger partial charge on any atom is -0.396 e. The van der Waals surface area contributed by atoms with Crippen molar-refractivity contribution in [3.05, 3.63) is 17.8 Å². The number of nitrogens with two attached hydrogens (primary N) is 2. The van der Waals surface area contributed by atoms with Crippen molar-refractivity contribution in [1.82, 2.24) is 4.98 Å². The molecule has 1 heterocycles. The highest BCUT2D eigenvalue weighted by Crippen LogP contribution is 2.22. The fourth-order valence-electron chi connectivity index (χ4n) is 0.903. The molecule has 0 saturated heterocycles. The second-order valence-electron chi connectivity index (χ2n) is 3.92. The van der Waals surface area contributed by atoms with Crippen LogP contribution in [-0.4, -0.2) is 4.98 Å². The van der Waals surface area contributed by atoms with Crippen LogP contribution in [0.2, 0.25) is 0 Å². The standard InChI is InChI=1S/C9H15N3.CH4/c1-9(2,3)7-5-4-6(10)8(11)12-7;/h4-5H,10H2,1-3H3,(H2,11,12);1H4. The molecule has 0 atom stereocenters. The van der Waals surface area contributed by atoms with E-state index in [0.29, 0.717) is 11.5 Å². The zero-order valence-electron chi connectivity index (χ0n) is 7.76. The predicted molar refractivity (Wildman–Crippen MR) is 58.5 cm³/mol. The lowest BCUT2D eigenvalue weighted by Gasteiger charge is -2.18. The van der Waals surface area contributed by atoms with E-state index in [2.05, 4.69) is 25.8 Å². The Hall–Kier alpha value is -1.25. The van der Waals surface area contributed by atoms with Crippen LogP contribution in [-0.2, 0) is 5.41 Å². The van der Waals surface area contributed by atoms with Crippen molar-refractivity contribution in [2.24, 2.45) is 0 Å². The molecule has 0 bridgehead atoms. The molecule has 0 fully saturated rings. The molecule has 74 valence electrons. The first kappa shape index (κ1) is 11.8. The highest BCUT2D eigenvalue weighted by Gasteiger charge is 2.15. The second-order valence-corrected chi connectivity index (χ2v) is 3.92. The molecule has 0 aromatic carbocycles. The fraction of sp³-hybridized carbons (Fsp3) is 0.500. The summed E-state index contributed by atoms with van der Waals surface area (Å²) in [6, 6.07) is 3.70. The van der Waals surface area contributed by atoms with Crippen LogP contribution in [0.5, 0.6) is 0 Å². The van der Waals surface area contributed by atoms with Crippen molar-refractivity contribution >= 4 is 11.5 Å². The summed E-state index contributed by atoms with van der Waals surface area (Å²) in [6.45, 7) is 6.26. The summed E-state index contributed by atoms with van der Waals surface area (Å²) in [5.74, 6) is 0.419. The minimum absolute atomic E-state index is 0. The van der Waals surface area contributed by atoms with E-state index in [9.17, 15) is 0 Å². The number of nitrogen functional groups attached to an aromatic ring is 2. The summed E-state index contributed by atoms with van der Waals surface area (Å²) in [6.07, 6.45) is 0. The summed E-state index contributed by atoms with van der Waals surface area (Å²) < 4.78 is 0. The molecule has 0 amide bonds. The van der Waals surface area contributed by atoms with Gasteiger partial charge in [-0.15, -0.1) is 0 Å². The highest BCUT2D eigenvalue weighted by molar-refractivity contribution is 5.58. The van der Waals surface area contributed by atoms with Gasteiger partial charge in [0.1, 0.15) is 5.82 Å². The summed E-state index contributed by atoms with van der Waals surface area (Å²) in [7, 11) is 0. The van der Waals surface area contributed by atoms with Crippen molar-refractivity contribution in [1.29, 1.82) is 0 Å². The van der Waals surface area contributed by atoms with Gasteiger partial charge in [0, 0.05) is 11.1 Å². The van der Waals surface area contributed by atoms with Gasteiger partial charge in [-0.2, -0.15) is 0 Å². The van der Waals surface area contributed by atoms with Crippen LogP contribution >= 0.6 is 0 Å². The van der Waals surface area contributed by atoms with E-state index in [-0.39, 0.29) is 12.8 Å². The van der Waals surface area contributed by atoms with Crippen LogP contribution in [0.3, 0.4) is 0 Å². The van der Waals surface area contributed by atoms with E-state index in [1.54, 1.807) is 6.07 Å². The maximum Gasteiger partial charge on any atom is 0.146 e. The molecule has 0 unspecified atom stereocenters. The van der Waals surface area contributed by atoms with Gasteiger partial charge < -0.3 is 11.5 Å². The number of pyridine rings is 1. The Bertz CT molecular complexity index is 287. The van der Waals surface area contributed by atoms with E-state index >= 15 is 0 Å². The zero-order chi connectivity index (χ0) is 9.35. The maximum atomic E-state index is 5.58. The lowest BCUT2D eigenvalue weighted by molar-refractivity contribution is 0.570. The van der Waals surface area contributed by atoms with Gasteiger partial charge in [0.25, 0.3) is 0 Å². The molecule has 3 heteroatoms. The normalized spacial score (nSPS) is 10.7. The smallest absolute Gasteiger partial charge is 0.146 e. The Balaban J connectivity index is 0.00000144. The van der Waals surface area contributed by atoms with Crippen LogP contribution in [0.1, 0.15) is 33.9 Å². The van der Waals surface area contributed by atoms with Gasteiger partial charge in [-0.1, -0.05) is 28.2 Å². The van der Waals surface area contributed by atoms with Gasteiger partial charge >= 0.3 is 0 Å². The maximum absolute atomic E-state index is 5.58. The minimum atomic E-state index is 0. The topological polar surface area (TPSA) is 64.9 Å². The van der Waals surface area contributed by atoms with Crippen LogP contribution in [0.4, 0.5) is 11.5 Å². The summed E-state index contributed by atoms with van der Waals surface area (Å²) in [4.78, 5) is 4.20. The van der Waals surface area contributed by atoms with E-state index in [1.165, 1.54) is 0 Å². The molecular formula is C10H19N3. The van der Waals surface area contributed by atoms with Gasteiger partial charge in [-0.3, -0.25) is 0 Å². The van der Waals surface area contributed by atoms with Gasteiger partial charge in [0.15, 0.2) is 0 Å². The molecule has 1 rings (SSSR count). The first-order chi connectivity index (χ1) is 5.41. The number of hydrogen-bond acceptors (Lipinski definition) is 3. The quantitative estimate of drug-likeness (QED) is 0.644. The van der Waals surface area contributed by atoms with Gasteiger partial charge in [-0.25, -0.2) is 4.98 Å². The number of hydrogen-bond donors (Lipinski definition) is 2. The van der Waals surface area contributed by atoms with Crippen molar-refractivity contribution in [3.8, 4) is 0 Å². The number of anilines is 2. The molecule has 0 saturated carbocycles. The molecule has 4 N–H and O–H groups in total. The highest BCUT2D eigenvalue weighted by atomic mass is 14.9. The van der Waals surface area contributed by atoms with Crippen LogP contribution in [0, 0.1) is 0 Å². The Morgan fingerprint density at radius 1 is 1.15 bits per heavy atom. The Morgan fingerprint density at radius 2 is 1.69 bits per heavy atom. The Labute approximate surface area is 80.2 Å².